The highest BCUT2D eigenvalue weighted by Gasteiger charge is 2.58. The molecule has 1 aromatic rings. The van der Waals surface area contributed by atoms with Crippen LogP contribution in [-0.2, 0) is 26.0 Å². The lowest BCUT2D eigenvalue weighted by atomic mass is 10.0. The topological polar surface area (TPSA) is 83.6 Å². The van der Waals surface area contributed by atoms with Crippen molar-refractivity contribution in [2.24, 2.45) is 5.41 Å². The van der Waals surface area contributed by atoms with E-state index in [2.05, 4.69) is 5.32 Å². The molecule has 1 aliphatic heterocycles. The zero-order valence-corrected chi connectivity index (χ0v) is 15.5. The lowest BCUT2D eigenvalue weighted by Gasteiger charge is -2.30. The van der Waals surface area contributed by atoms with Crippen molar-refractivity contribution in [1.82, 2.24) is 10.2 Å². The number of carbonyl (C=O) groups is 2. The largest absolute Gasteiger partial charge is 0.351 e. The van der Waals surface area contributed by atoms with Crippen LogP contribution >= 0.6 is 0 Å². The van der Waals surface area contributed by atoms with E-state index in [4.69, 9.17) is 0 Å². The van der Waals surface area contributed by atoms with Crippen molar-refractivity contribution in [3.05, 3.63) is 35.6 Å². The Bertz CT molecular complexity index is 803. The van der Waals surface area contributed by atoms with Crippen LogP contribution in [0.3, 0.4) is 0 Å². The molecular weight excluding hydrogens is 359 g/mol. The molecule has 0 radical (unpaired) electrons. The maximum atomic E-state index is 13.0. The lowest BCUT2D eigenvalue weighted by Crippen LogP contribution is -2.49. The first kappa shape index (κ1) is 18.8. The van der Waals surface area contributed by atoms with Gasteiger partial charge in [-0.15, -0.1) is 0 Å². The quantitative estimate of drug-likeness (QED) is 0.751. The van der Waals surface area contributed by atoms with Crippen molar-refractivity contribution < 1.29 is 22.4 Å². The minimum Gasteiger partial charge on any atom is -0.351 e. The Kier molecular flexibility index (Phi) is 5.05. The summed E-state index contributed by atoms with van der Waals surface area (Å²) in [6.07, 6.45) is 1.36. The van der Waals surface area contributed by atoms with E-state index >= 15 is 0 Å². The van der Waals surface area contributed by atoms with Gasteiger partial charge >= 0.3 is 0 Å². The summed E-state index contributed by atoms with van der Waals surface area (Å²) < 4.78 is 36.4. The first-order valence-electron chi connectivity index (χ1n) is 8.82. The summed E-state index contributed by atoms with van der Waals surface area (Å²) >= 11 is 0. The minimum absolute atomic E-state index is 0.0279. The Hall–Kier alpha value is -1.96. The summed E-state index contributed by atoms with van der Waals surface area (Å²) in [6, 6.07) is 5.45. The summed E-state index contributed by atoms with van der Waals surface area (Å²) in [5, 5.41) is 2.76. The highest BCUT2D eigenvalue weighted by atomic mass is 32.2. The van der Waals surface area contributed by atoms with Crippen molar-refractivity contribution in [2.45, 2.75) is 38.8 Å². The van der Waals surface area contributed by atoms with Crippen molar-refractivity contribution in [1.29, 1.82) is 0 Å². The smallest absolute Gasteiger partial charge is 0.238 e. The van der Waals surface area contributed by atoms with E-state index in [0.29, 0.717) is 25.8 Å². The number of rotatable bonds is 6. The first-order chi connectivity index (χ1) is 12.3. The van der Waals surface area contributed by atoms with E-state index in [1.165, 1.54) is 12.1 Å². The van der Waals surface area contributed by atoms with Gasteiger partial charge in [0.05, 0.1) is 11.5 Å². The third-order valence-corrected chi connectivity index (χ3v) is 6.96. The van der Waals surface area contributed by atoms with Crippen LogP contribution in [0, 0.1) is 11.2 Å². The van der Waals surface area contributed by atoms with E-state index in [9.17, 15) is 22.4 Å². The summed E-state index contributed by atoms with van der Waals surface area (Å²) in [5.74, 6) is -0.908. The van der Waals surface area contributed by atoms with Gasteiger partial charge in [-0.3, -0.25) is 9.59 Å². The molecule has 0 aromatic heterocycles. The molecule has 1 aromatic carbocycles. The molecule has 1 saturated heterocycles. The number of nitrogens with one attached hydrogen (secondary N) is 1. The molecule has 0 bridgehead atoms. The van der Waals surface area contributed by atoms with E-state index in [1.54, 1.807) is 24.0 Å². The van der Waals surface area contributed by atoms with E-state index < -0.39 is 15.3 Å². The number of halogens is 1. The van der Waals surface area contributed by atoms with Gasteiger partial charge in [-0.05, 0) is 43.9 Å². The van der Waals surface area contributed by atoms with E-state index in [1.807, 2.05) is 0 Å². The number of hydrogen-bond donors (Lipinski definition) is 1. The van der Waals surface area contributed by atoms with Gasteiger partial charge in [0, 0.05) is 19.1 Å². The molecule has 1 unspecified atom stereocenters. The molecule has 3 rings (SSSR count). The normalized spacial score (nSPS) is 22.6. The standard InChI is InChI=1S/C18H23FN2O4S/c1-2-21(15-7-10-26(24,25)12-15)17(23)18(8-9-18)16(22)20-11-13-3-5-14(19)6-4-13/h3-6,15H,2,7-12H2,1H3,(H,20,22). The molecule has 2 aliphatic rings. The molecule has 0 spiro atoms. The molecule has 1 atom stereocenters. The molecule has 1 aliphatic carbocycles. The monoisotopic (exact) mass is 382 g/mol. The molecule has 1 N–H and O–H groups in total. The van der Waals surface area contributed by atoms with Crippen molar-refractivity contribution in [3.63, 3.8) is 0 Å². The van der Waals surface area contributed by atoms with Crippen molar-refractivity contribution in [2.75, 3.05) is 18.1 Å². The van der Waals surface area contributed by atoms with Crippen molar-refractivity contribution >= 4 is 21.7 Å². The fraction of sp³-hybridized carbons (Fsp3) is 0.556. The maximum absolute atomic E-state index is 13.0. The maximum Gasteiger partial charge on any atom is 0.238 e. The zero-order chi connectivity index (χ0) is 18.9. The van der Waals surface area contributed by atoms with Gasteiger partial charge in [0.15, 0.2) is 9.84 Å². The molecule has 2 fully saturated rings. The van der Waals surface area contributed by atoms with Gasteiger partial charge in [0.25, 0.3) is 0 Å². The van der Waals surface area contributed by atoms with E-state index in [0.717, 1.165) is 5.56 Å². The molecule has 142 valence electrons. The van der Waals surface area contributed by atoms with Gasteiger partial charge < -0.3 is 10.2 Å². The number of nitrogens with zero attached hydrogens (tertiary/aromatic N) is 1. The lowest BCUT2D eigenvalue weighted by molar-refractivity contribution is -0.145. The summed E-state index contributed by atoms with van der Waals surface area (Å²) in [4.78, 5) is 27.1. The zero-order valence-electron chi connectivity index (χ0n) is 14.7. The predicted octanol–water partition coefficient (Wildman–Crippen LogP) is 1.26. The minimum atomic E-state index is -3.10. The number of benzene rings is 1. The number of hydrogen-bond acceptors (Lipinski definition) is 4. The SMILES string of the molecule is CCN(C(=O)C1(C(=O)NCc2ccc(F)cc2)CC1)C1CCS(=O)(=O)C1. The molecular formula is C18H23FN2O4S. The number of carbonyl (C=O) groups excluding carboxylic acids is 2. The average Bonchev–Trinajstić information content (AvgIpc) is 3.34. The number of sulfone groups is 1. The third kappa shape index (κ3) is 3.75. The van der Waals surface area contributed by atoms with Crippen LogP contribution in [0.15, 0.2) is 24.3 Å². The molecule has 2 amide bonds. The molecule has 1 saturated carbocycles. The highest BCUT2D eigenvalue weighted by Crippen LogP contribution is 2.48. The molecule has 1 heterocycles. The second-order valence-corrected chi connectivity index (χ2v) is 9.27. The third-order valence-electron chi connectivity index (χ3n) is 5.21. The van der Waals surface area contributed by atoms with Crippen LogP contribution in [0.25, 0.3) is 0 Å². The molecule has 26 heavy (non-hydrogen) atoms. The van der Waals surface area contributed by atoms with Crippen LogP contribution < -0.4 is 5.32 Å². The summed E-state index contributed by atoms with van der Waals surface area (Å²) in [5.41, 5.74) is -0.334. The number of amides is 2. The van der Waals surface area contributed by atoms with Crippen LogP contribution in [0.5, 0.6) is 0 Å². The molecule has 6 nitrogen and oxygen atoms in total. The van der Waals surface area contributed by atoms with Gasteiger partial charge in [0.1, 0.15) is 11.2 Å². The molecule has 8 heteroatoms. The average molecular weight is 382 g/mol. The second-order valence-electron chi connectivity index (χ2n) is 7.04. The van der Waals surface area contributed by atoms with Crippen LogP contribution in [0.1, 0.15) is 31.7 Å². The van der Waals surface area contributed by atoms with E-state index in [-0.39, 0.29) is 41.7 Å². The Morgan fingerprint density at radius 1 is 1.27 bits per heavy atom. The predicted molar refractivity (Wildman–Crippen MR) is 94.4 cm³/mol. The van der Waals surface area contributed by atoms with Crippen LogP contribution in [0.2, 0.25) is 0 Å². The Balaban J connectivity index is 1.65. The second kappa shape index (κ2) is 6.98. The van der Waals surface area contributed by atoms with Gasteiger partial charge in [0.2, 0.25) is 11.8 Å². The highest BCUT2D eigenvalue weighted by molar-refractivity contribution is 7.91. The van der Waals surface area contributed by atoms with Crippen molar-refractivity contribution in [3.8, 4) is 0 Å². The Labute approximate surface area is 152 Å². The van der Waals surface area contributed by atoms with Gasteiger partial charge in [-0.2, -0.15) is 0 Å². The van der Waals surface area contributed by atoms with Gasteiger partial charge in [-0.25, -0.2) is 12.8 Å². The van der Waals surface area contributed by atoms with Gasteiger partial charge in [-0.1, -0.05) is 12.1 Å². The summed E-state index contributed by atoms with van der Waals surface area (Å²) in [7, 11) is -3.10. The Morgan fingerprint density at radius 3 is 2.42 bits per heavy atom. The summed E-state index contributed by atoms with van der Waals surface area (Å²) in [6.45, 7) is 2.40. The fourth-order valence-corrected chi connectivity index (χ4v) is 5.21. The van der Waals surface area contributed by atoms with Crippen LogP contribution in [0.4, 0.5) is 4.39 Å². The Morgan fingerprint density at radius 2 is 1.92 bits per heavy atom. The first-order valence-corrected chi connectivity index (χ1v) is 10.6. The fourth-order valence-electron chi connectivity index (χ4n) is 3.48. The van der Waals surface area contributed by atoms with Crippen LogP contribution in [-0.4, -0.2) is 49.2 Å².